The minimum atomic E-state index is -0.707. The van der Waals surface area contributed by atoms with E-state index in [2.05, 4.69) is 26.0 Å². The first-order chi connectivity index (χ1) is 9.10. The zero-order valence-electron chi connectivity index (χ0n) is 10.1. The summed E-state index contributed by atoms with van der Waals surface area (Å²) in [5, 5.41) is 3.03. The highest BCUT2D eigenvalue weighted by Crippen LogP contribution is 2.18. The van der Waals surface area contributed by atoms with Gasteiger partial charge in [-0.15, -0.1) is 0 Å². The molecule has 0 fully saturated rings. The van der Waals surface area contributed by atoms with Crippen molar-refractivity contribution < 1.29 is 18.3 Å². The first-order valence-corrected chi connectivity index (χ1v) is 6.25. The summed E-state index contributed by atoms with van der Waals surface area (Å²) >= 11 is 3.20. The summed E-state index contributed by atoms with van der Waals surface area (Å²) in [6.45, 7) is 0.428. The van der Waals surface area contributed by atoms with Crippen LogP contribution in [-0.4, -0.2) is 13.1 Å². The highest BCUT2D eigenvalue weighted by molar-refractivity contribution is 9.10. The van der Waals surface area contributed by atoms with E-state index in [4.69, 9.17) is 4.42 Å². The van der Waals surface area contributed by atoms with Gasteiger partial charge in [0.25, 0.3) is 0 Å². The van der Waals surface area contributed by atoms with Crippen LogP contribution >= 0.6 is 15.9 Å². The molecule has 1 N–H and O–H groups in total. The second kappa shape index (κ2) is 5.88. The molecule has 0 spiro atoms. The van der Waals surface area contributed by atoms with Gasteiger partial charge in [0, 0.05) is 5.69 Å². The summed E-state index contributed by atoms with van der Waals surface area (Å²) in [6.07, 6.45) is 0. The highest BCUT2D eigenvalue weighted by Gasteiger charge is 2.12. The molecule has 0 atom stereocenters. The van der Waals surface area contributed by atoms with Gasteiger partial charge in [-0.1, -0.05) is 0 Å². The fourth-order valence-electron chi connectivity index (χ4n) is 1.54. The molecule has 0 aliphatic rings. The smallest absolute Gasteiger partial charge is 0.340 e. The fraction of sp³-hybridized carbons (Fsp3) is 0.154. The van der Waals surface area contributed by atoms with E-state index in [1.54, 1.807) is 12.1 Å². The Morgan fingerprint density at radius 3 is 2.84 bits per heavy atom. The third-order valence-corrected chi connectivity index (χ3v) is 2.89. The third kappa shape index (κ3) is 3.35. The Morgan fingerprint density at radius 2 is 2.21 bits per heavy atom. The fourth-order valence-corrected chi connectivity index (χ4v) is 1.88. The van der Waals surface area contributed by atoms with Crippen molar-refractivity contribution >= 4 is 27.6 Å². The van der Waals surface area contributed by atoms with Gasteiger partial charge >= 0.3 is 5.97 Å². The van der Waals surface area contributed by atoms with Crippen molar-refractivity contribution in [3.63, 3.8) is 0 Å². The standard InChI is InChI=1S/C13H11BrFNO3/c1-18-13(17)10-6-8(2-4-11(10)15)16-7-9-3-5-12(14)19-9/h2-6,16H,7H2,1H3. The van der Waals surface area contributed by atoms with Crippen LogP contribution in [0.3, 0.4) is 0 Å². The number of furan rings is 1. The maximum atomic E-state index is 13.4. The van der Waals surface area contributed by atoms with Gasteiger partial charge in [-0.25, -0.2) is 9.18 Å². The molecule has 2 rings (SSSR count). The third-order valence-electron chi connectivity index (χ3n) is 2.47. The van der Waals surface area contributed by atoms with E-state index < -0.39 is 11.8 Å². The van der Waals surface area contributed by atoms with Gasteiger partial charge in [-0.05, 0) is 46.3 Å². The minimum Gasteiger partial charge on any atom is -0.465 e. The molecule has 0 radical (unpaired) electrons. The molecule has 0 bridgehead atoms. The van der Waals surface area contributed by atoms with Gasteiger partial charge in [0.15, 0.2) is 4.67 Å². The van der Waals surface area contributed by atoms with Crippen LogP contribution < -0.4 is 5.32 Å². The van der Waals surface area contributed by atoms with E-state index in [0.717, 1.165) is 5.76 Å². The van der Waals surface area contributed by atoms with Gasteiger partial charge in [0.05, 0.1) is 19.2 Å². The van der Waals surface area contributed by atoms with Gasteiger partial charge in [-0.3, -0.25) is 0 Å². The number of ether oxygens (including phenoxy) is 1. The van der Waals surface area contributed by atoms with E-state index in [9.17, 15) is 9.18 Å². The molecule has 0 saturated carbocycles. The van der Waals surface area contributed by atoms with E-state index in [-0.39, 0.29) is 5.56 Å². The molecule has 0 amide bonds. The number of carbonyl (C=O) groups is 1. The Labute approximate surface area is 117 Å². The summed E-state index contributed by atoms with van der Waals surface area (Å²) in [6, 6.07) is 7.74. The average Bonchev–Trinajstić information content (AvgIpc) is 2.83. The van der Waals surface area contributed by atoms with Crippen LogP contribution in [0.2, 0.25) is 0 Å². The van der Waals surface area contributed by atoms with Crippen LogP contribution in [0.1, 0.15) is 16.1 Å². The molecule has 6 heteroatoms. The molecule has 0 aliphatic carbocycles. The number of hydrogen-bond donors (Lipinski definition) is 1. The van der Waals surface area contributed by atoms with Gasteiger partial charge in [-0.2, -0.15) is 0 Å². The maximum Gasteiger partial charge on any atom is 0.340 e. The number of rotatable bonds is 4. The molecule has 0 unspecified atom stereocenters. The lowest BCUT2D eigenvalue weighted by Crippen LogP contribution is -2.06. The largest absolute Gasteiger partial charge is 0.465 e. The number of carbonyl (C=O) groups excluding carboxylic acids is 1. The molecule has 1 aromatic carbocycles. The Morgan fingerprint density at radius 1 is 1.42 bits per heavy atom. The number of methoxy groups -OCH3 is 1. The Kier molecular flexibility index (Phi) is 4.21. The summed E-state index contributed by atoms with van der Waals surface area (Å²) in [5.74, 6) is -0.601. The van der Waals surface area contributed by atoms with Crippen LogP contribution in [0.5, 0.6) is 0 Å². The molecule has 0 aliphatic heterocycles. The molecule has 19 heavy (non-hydrogen) atoms. The number of hydrogen-bond acceptors (Lipinski definition) is 4. The molecule has 4 nitrogen and oxygen atoms in total. The van der Waals surface area contributed by atoms with Crippen molar-refractivity contribution in [3.8, 4) is 0 Å². The summed E-state index contributed by atoms with van der Waals surface area (Å²) in [7, 11) is 1.21. The minimum absolute atomic E-state index is 0.104. The molecular formula is C13H11BrFNO3. The first kappa shape index (κ1) is 13.6. The monoisotopic (exact) mass is 327 g/mol. The quantitative estimate of drug-likeness (QED) is 0.872. The van der Waals surface area contributed by atoms with Crippen LogP contribution in [0.25, 0.3) is 0 Å². The Hall–Kier alpha value is -1.82. The van der Waals surface area contributed by atoms with Gasteiger partial charge in [0.2, 0.25) is 0 Å². The van der Waals surface area contributed by atoms with E-state index in [0.29, 0.717) is 16.9 Å². The lowest BCUT2D eigenvalue weighted by atomic mass is 10.2. The van der Waals surface area contributed by atoms with Crippen LogP contribution in [0, 0.1) is 5.82 Å². The summed E-state index contributed by atoms with van der Waals surface area (Å²) in [5.41, 5.74) is 0.502. The van der Waals surface area contributed by atoms with Crippen molar-refractivity contribution in [2.24, 2.45) is 0 Å². The van der Waals surface area contributed by atoms with Crippen LogP contribution in [0.4, 0.5) is 10.1 Å². The van der Waals surface area contributed by atoms with Crippen molar-refractivity contribution in [2.75, 3.05) is 12.4 Å². The van der Waals surface area contributed by atoms with Crippen molar-refractivity contribution in [1.82, 2.24) is 0 Å². The molecule has 0 saturated heterocycles. The lowest BCUT2D eigenvalue weighted by Gasteiger charge is -2.07. The van der Waals surface area contributed by atoms with Crippen LogP contribution in [0.15, 0.2) is 39.4 Å². The number of benzene rings is 1. The highest BCUT2D eigenvalue weighted by atomic mass is 79.9. The predicted molar refractivity (Wildman–Crippen MR) is 71.5 cm³/mol. The SMILES string of the molecule is COC(=O)c1cc(NCc2ccc(Br)o2)ccc1F. The van der Waals surface area contributed by atoms with Crippen molar-refractivity contribution in [3.05, 3.63) is 52.1 Å². The maximum absolute atomic E-state index is 13.4. The van der Waals surface area contributed by atoms with E-state index in [1.165, 1.54) is 19.2 Å². The lowest BCUT2D eigenvalue weighted by molar-refractivity contribution is 0.0595. The predicted octanol–water partition coefficient (Wildman–Crippen LogP) is 3.58. The van der Waals surface area contributed by atoms with Gasteiger partial charge in [0.1, 0.15) is 11.6 Å². The summed E-state index contributed by atoms with van der Waals surface area (Å²) < 4.78 is 23.9. The van der Waals surface area contributed by atoms with Crippen molar-refractivity contribution in [2.45, 2.75) is 6.54 Å². The van der Waals surface area contributed by atoms with E-state index >= 15 is 0 Å². The number of nitrogens with one attached hydrogen (secondary N) is 1. The Bertz CT molecular complexity index is 597. The Balaban J connectivity index is 2.10. The molecule has 100 valence electrons. The molecular weight excluding hydrogens is 317 g/mol. The van der Waals surface area contributed by atoms with Crippen molar-refractivity contribution in [1.29, 1.82) is 0 Å². The number of esters is 1. The average molecular weight is 328 g/mol. The molecule has 2 aromatic rings. The molecule has 1 heterocycles. The number of halogens is 2. The van der Waals surface area contributed by atoms with Gasteiger partial charge < -0.3 is 14.5 Å². The number of anilines is 1. The zero-order chi connectivity index (χ0) is 13.8. The topological polar surface area (TPSA) is 51.5 Å². The second-order valence-electron chi connectivity index (χ2n) is 3.75. The summed E-state index contributed by atoms with van der Waals surface area (Å²) in [4.78, 5) is 11.3. The normalized spacial score (nSPS) is 10.3. The van der Waals surface area contributed by atoms with Crippen LogP contribution in [-0.2, 0) is 11.3 Å². The zero-order valence-corrected chi connectivity index (χ0v) is 11.7. The molecule has 1 aromatic heterocycles. The van der Waals surface area contributed by atoms with E-state index in [1.807, 2.05) is 6.07 Å². The first-order valence-electron chi connectivity index (χ1n) is 5.46. The second-order valence-corrected chi connectivity index (χ2v) is 4.53.